The van der Waals surface area contributed by atoms with Crippen molar-refractivity contribution in [2.45, 2.75) is 45.2 Å². The summed E-state index contributed by atoms with van der Waals surface area (Å²) in [6, 6.07) is -1.73. The zero-order chi connectivity index (χ0) is 18.3. The van der Waals surface area contributed by atoms with E-state index >= 15 is 0 Å². The predicted octanol–water partition coefficient (Wildman–Crippen LogP) is -1.04. The standard InChI is InChI=1S/C13H24N6O5/c1-8(2)6-9(12(21)15-7-11(14)20)16-13(22)10-4-3-5-18(10)19(24)17-23/h8-10,23H,3-7H2,1-2H3,(H2,14,20)(H,15,21)(H,16,22)/p-1/b19-17-/t9-,10-/m0/s1. The van der Waals surface area contributed by atoms with Gasteiger partial charge in [-0.25, -0.2) is 0 Å². The summed E-state index contributed by atoms with van der Waals surface area (Å²) in [6.07, 6.45) is 1.27. The summed E-state index contributed by atoms with van der Waals surface area (Å²) in [5.74, 6) is -1.68. The zero-order valence-electron chi connectivity index (χ0n) is 13.7. The van der Waals surface area contributed by atoms with Gasteiger partial charge < -0.3 is 26.8 Å². The highest BCUT2D eigenvalue weighted by molar-refractivity contribution is 5.91. The molecule has 1 aliphatic heterocycles. The molecule has 0 spiro atoms. The van der Waals surface area contributed by atoms with Crippen molar-refractivity contribution >= 4 is 17.7 Å². The fraction of sp³-hybridized carbons (Fsp3) is 0.769. The molecule has 24 heavy (non-hydrogen) atoms. The fourth-order valence-electron chi connectivity index (χ4n) is 2.54. The average molecular weight is 343 g/mol. The summed E-state index contributed by atoms with van der Waals surface area (Å²) in [4.78, 5) is 35.1. The molecule has 2 atom stereocenters. The largest absolute Gasteiger partial charge is 0.737 e. The first-order chi connectivity index (χ1) is 11.3. The summed E-state index contributed by atoms with van der Waals surface area (Å²) in [5.41, 5.74) is 4.98. The predicted molar refractivity (Wildman–Crippen MR) is 82.7 cm³/mol. The summed E-state index contributed by atoms with van der Waals surface area (Å²) >= 11 is 0. The van der Waals surface area contributed by atoms with Crippen molar-refractivity contribution in [3.63, 3.8) is 0 Å². The van der Waals surface area contributed by atoms with Gasteiger partial charge in [0.15, 0.2) is 6.04 Å². The van der Waals surface area contributed by atoms with Crippen molar-refractivity contribution < 1.29 is 19.4 Å². The Labute approximate surface area is 139 Å². The molecular weight excluding hydrogens is 320 g/mol. The van der Waals surface area contributed by atoms with E-state index in [4.69, 9.17) is 5.73 Å². The van der Waals surface area contributed by atoms with Gasteiger partial charge in [-0.05, 0) is 30.5 Å². The lowest BCUT2D eigenvalue weighted by atomic mass is 10.0. The molecule has 0 radical (unpaired) electrons. The Morgan fingerprint density at radius 3 is 2.62 bits per heavy atom. The number of nitrogens with one attached hydrogen (secondary N) is 2. The smallest absolute Gasteiger partial charge is 0.249 e. The Bertz CT molecular complexity index is 509. The van der Waals surface area contributed by atoms with Crippen LogP contribution in [0.2, 0.25) is 0 Å². The third-order valence-corrected chi connectivity index (χ3v) is 3.59. The second kappa shape index (κ2) is 8.89. The molecule has 11 nitrogen and oxygen atoms in total. The van der Waals surface area contributed by atoms with E-state index in [0.717, 1.165) is 5.01 Å². The molecule has 136 valence electrons. The highest BCUT2D eigenvalue weighted by atomic mass is 16.6. The minimum atomic E-state index is -0.872. The second-order valence-electron chi connectivity index (χ2n) is 6.03. The molecule has 0 aromatic rings. The lowest BCUT2D eigenvalue weighted by molar-refractivity contribution is -0.691. The number of hydrogen-bond acceptors (Lipinski definition) is 6. The molecule has 0 aromatic heterocycles. The number of primary amides is 1. The van der Waals surface area contributed by atoms with E-state index < -0.39 is 29.8 Å². The lowest BCUT2D eigenvalue weighted by Gasteiger charge is -2.24. The quantitative estimate of drug-likeness (QED) is 0.289. The Balaban J connectivity index is 2.76. The molecule has 0 unspecified atom stereocenters. The van der Waals surface area contributed by atoms with Gasteiger partial charge in [-0.2, -0.15) is 0 Å². The zero-order valence-corrected chi connectivity index (χ0v) is 13.7. The van der Waals surface area contributed by atoms with Gasteiger partial charge in [0.2, 0.25) is 17.7 Å². The Kier molecular flexibility index (Phi) is 7.21. The van der Waals surface area contributed by atoms with Gasteiger partial charge in [0.1, 0.15) is 6.04 Å². The number of amides is 3. The number of rotatable bonds is 8. The third-order valence-electron chi connectivity index (χ3n) is 3.59. The first-order valence-corrected chi connectivity index (χ1v) is 7.69. The highest BCUT2D eigenvalue weighted by Crippen LogP contribution is 2.18. The van der Waals surface area contributed by atoms with Gasteiger partial charge in [-0.15, -0.1) is 5.01 Å². The molecule has 1 fully saturated rings. The van der Waals surface area contributed by atoms with Crippen LogP contribution < -0.4 is 16.4 Å². The van der Waals surface area contributed by atoms with Crippen LogP contribution in [0.3, 0.4) is 0 Å². The number of hydrogen-bond donors (Lipinski definition) is 3. The summed E-state index contributed by atoms with van der Waals surface area (Å²) < 4.78 is 0. The van der Waals surface area contributed by atoms with Crippen LogP contribution >= 0.6 is 0 Å². The van der Waals surface area contributed by atoms with Gasteiger partial charge in [-0.3, -0.25) is 14.4 Å². The van der Waals surface area contributed by atoms with Crippen molar-refractivity contribution in [3.8, 4) is 0 Å². The van der Waals surface area contributed by atoms with E-state index in [-0.39, 0.29) is 24.0 Å². The van der Waals surface area contributed by atoms with E-state index in [0.29, 0.717) is 19.3 Å². The summed E-state index contributed by atoms with van der Waals surface area (Å²) in [5, 5.41) is 29.9. The normalized spacial score (nSPS) is 19.2. The summed E-state index contributed by atoms with van der Waals surface area (Å²) in [7, 11) is 0. The van der Waals surface area contributed by atoms with Crippen LogP contribution in [0.25, 0.3) is 0 Å². The first kappa shape index (κ1) is 19.5. The maximum absolute atomic E-state index is 12.4. The van der Waals surface area contributed by atoms with Crippen molar-refractivity contribution in [3.05, 3.63) is 10.4 Å². The monoisotopic (exact) mass is 343 g/mol. The lowest BCUT2D eigenvalue weighted by Crippen LogP contribution is -2.54. The maximum atomic E-state index is 12.4. The summed E-state index contributed by atoms with van der Waals surface area (Å²) in [6.45, 7) is 3.65. The van der Waals surface area contributed by atoms with Crippen LogP contribution in [-0.2, 0) is 14.4 Å². The average Bonchev–Trinajstić information content (AvgIpc) is 3.00. The molecule has 3 amide bonds. The van der Waals surface area contributed by atoms with Crippen LogP contribution in [0.1, 0.15) is 33.1 Å². The first-order valence-electron chi connectivity index (χ1n) is 7.69. The minimum absolute atomic E-state index is 0.0990. The molecule has 0 aliphatic carbocycles. The molecule has 4 N–H and O–H groups in total. The van der Waals surface area contributed by atoms with Gasteiger partial charge in [-0.1, -0.05) is 13.8 Å². The van der Waals surface area contributed by atoms with E-state index in [1.165, 1.54) is 0 Å². The van der Waals surface area contributed by atoms with Gasteiger partial charge >= 0.3 is 0 Å². The van der Waals surface area contributed by atoms with Gasteiger partial charge in [0.25, 0.3) is 0 Å². The number of carbonyl (C=O) groups is 3. The molecule has 1 rings (SSSR count). The Morgan fingerprint density at radius 2 is 2.08 bits per heavy atom. The van der Waals surface area contributed by atoms with E-state index in [1.807, 2.05) is 13.8 Å². The topological polar surface area (TPSA) is 166 Å². The van der Waals surface area contributed by atoms with Crippen LogP contribution in [0, 0.1) is 16.3 Å². The third kappa shape index (κ3) is 5.56. The highest BCUT2D eigenvalue weighted by Gasteiger charge is 2.37. The second-order valence-corrected chi connectivity index (χ2v) is 6.03. The molecule has 1 aliphatic rings. The van der Waals surface area contributed by atoms with Crippen molar-refractivity contribution in [1.82, 2.24) is 15.6 Å². The molecule has 1 saturated heterocycles. The van der Waals surface area contributed by atoms with Crippen molar-refractivity contribution in [1.29, 1.82) is 0 Å². The number of carbonyl (C=O) groups excluding carboxylic acids is 3. The van der Waals surface area contributed by atoms with Crippen molar-refractivity contribution in [2.75, 3.05) is 13.1 Å². The molecule has 11 heteroatoms. The van der Waals surface area contributed by atoms with Crippen LogP contribution in [0.15, 0.2) is 5.28 Å². The number of nitrogens with zero attached hydrogens (tertiary/aromatic N) is 3. The van der Waals surface area contributed by atoms with Crippen LogP contribution in [0.5, 0.6) is 0 Å². The van der Waals surface area contributed by atoms with Gasteiger partial charge in [0.05, 0.1) is 13.1 Å². The minimum Gasteiger partial charge on any atom is -0.737 e. The van der Waals surface area contributed by atoms with E-state index in [1.54, 1.807) is 0 Å². The molecule has 0 saturated carbocycles. The van der Waals surface area contributed by atoms with Gasteiger partial charge in [0, 0.05) is 4.97 Å². The molecule has 0 aromatic carbocycles. The Morgan fingerprint density at radius 1 is 1.42 bits per heavy atom. The number of nitrogens with two attached hydrogens (primary N) is 1. The van der Waals surface area contributed by atoms with Crippen molar-refractivity contribution in [2.24, 2.45) is 16.9 Å². The van der Waals surface area contributed by atoms with Crippen LogP contribution in [0.4, 0.5) is 0 Å². The maximum Gasteiger partial charge on any atom is 0.249 e. The van der Waals surface area contributed by atoms with E-state index in [9.17, 15) is 24.8 Å². The number of hydrazine groups is 1. The van der Waals surface area contributed by atoms with Crippen LogP contribution in [-0.4, -0.2) is 52.9 Å². The Hall–Kier alpha value is -2.59. The van der Waals surface area contributed by atoms with E-state index in [2.05, 4.69) is 15.9 Å². The fourth-order valence-corrected chi connectivity index (χ4v) is 2.54. The molecule has 0 bridgehead atoms. The SMILES string of the molecule is CC(C)C[C@H](NC(=O)[C@@H]1CCCN1/[N+]([O-])=N/[O-])C(=O)NCC(N)=O. The molecular formula is C13H23N6O5-. The molecule has 1 heterocycles.